The molecule has 2 aromatic rings. The van der Waals surface area contributed by atoms with Gasteiger partial charge in [0.05, 0.1) is 6.04 Å². The lowest BCUT2D eigenvalue weighted by Gasteiger charge is -2.21. The molecule has 0 spiro atoms. The number of benzene rings is 2. The highest BCUT2D eigenvalue weighted by Crippen LogP contribution is 2.24. The lowest BCUT2D eigenvalue weighted by Crippen LogP contribution is -2.32. The van der Waals surface area contributed by atoms with Crippen molar-refractivity contribution in [1.29, 1.82) is 0 Å². The van der Waals surface area contributed by atoms with Crippen molar-refractivity contribution in [1.82, 2.24) is 5.32 Å². The van der Waals surface area contributed by atoms with Gasteiger partial charge in [0.25, 0.3) is 0 Å². The van der Waals surface area contributed by atoms with E-state index in [0.717, 1.165) is 30.8 Å². The monoisotopic (exact) mass is 367 g/mol. The van der Waals surface area contributed by atoms with Gasteiger partial charge < -0.3 is 15.5 Å². The molecule has 1 atom stereocenters. The number of nitrogens with one attached hydrogen (secondary N) is 2. The van der Waals surface area contributed by atoms with Crippen molar-refractivity contribution < 1.29 is 4.79 Å². The maximum atomic E-state index is 11.9. The molecule has 0 aromatic heterocycles. The fraction of sp³-hybridized carbons (Fsp3) is 0.333. The van der Waals surface area contributed by atoms with E-state index >= 15 is 0 Å². The molecule has 0 aliphatic carbocycles. The Balaban J connectivity index is 1.65. The van der Waals surface area contributed by atoms with Gasteiger partial charge in [0, 0.05) is 24.3 Å². The van der Waals surface area contributed by atoms with Gasteiger partial charge in [-0.15, -0.1) is 0 Å². The molecule has 1 aliphatic heterocycles. The molecule has 1 fully saturated rings. The molecule has 0 radical (unpaired) electrons. The van der Waals surface area contributed by atoms with Crippen LogP contribution in [0.2, 0.25) is 0 Å². The van der Waals surface area contributed by atoms with Crippen molar-refractivity contribution in [2.45, 2.75) is 39.2 Å². The second-order valence-corrected chi connectivity index (χ2v) is 7.08. The van der Waals surface area contributed by atoms with Gasteiger partial charge in [-0.25, -0.2) is 0 Å². The topological polar surface area (TPSA) is 44.4 Å². The molecule has 3 rings (SSSR count). The van der Waals surface area contributed by atoms with E-state index in [-0.39, 0.29) is 11.9 Å². The summed E-state index contributed by atoms with van der Waals surface area (Å²) in [6.45, 7) is 5.01. The zero-order chi connectivity index (χ0) is 18.5. The van der Waals surface area contributed by atoms with E-state index in [1.165, 1.54) is 11.1 Å². The van der Waals surface area contributed by atoms with Gasteiger partial charge in [0.15, 0.2) is 5.11 Å². The molecule has 2 N–H and O–H groups in total. The number of thiocarbonyl (C=S) groups is 1. The minimum Gasteiger partial charge on any atom is -0.356 e. The predicted molar refractivity (Wildman–Crippen MR) is 112 cm³/mol. The van der Waals surface area contributed by atoms with Crippen LogP contribution in [0.5, 0.6) is 0 Å². The number of amides is 1. The molecule has 136 valence electrons. The first-order valence-corrected chi connectivity index (χ1v) is 9.52. The average Bonchev–Trinajstić information content (AvgIpc) is 3.07. The first-order valence-electron chi connectivity index (χ1n) is 9.11. The van der Waals surface area contributed by atoms with Gasteiger partial charge in [-0.1, -0.05) is 42.8 Å². The summed E-state index contributed by atoms with van der Waals surface area (Å²) >= 11 is 5.50. The number of carbonyl (C=O) groups excluding carboxylic acids is 1. The number of carbonyl (C=O) groups is 1. The number of hydrogen-bond donors (Lipinski definition) is 2. The maximum Gasteiger partial charge on any atom is 0.227 e. The van der Waals surface area contributed by atoms with E-state index < -0.39 is 0 Å². The summed E-state index contributed by atoms with van der Waals surface area (Å²) in [5, 5.41) is 7.22. The second-order valence-electron chi connectivity index (χ2n) is 6.67. The lowest BCUT2D eigenvalue weighted by atomic mass is 10.0. The van der Waals surface area contributed by atoms with Gasteiger partial charge in [0.1, 0.15) is 0 Å². The summed E-state index contributed by atoms with van der Waals surface area (Å²) < 4.78 is 0. The van der Waals surface area contributed by atoms with E-state index in [1.807, 2.05) is 29.2 Å². The van der Waals surface area contributed by atoms with Crippen LogP contribution in [-0.4, -0.2) is 17.6 Å². The summed E-state index contributed by atoms with van der Waals surface area (Å²) in [6.07, 6.45) is 2.49. The van der Waals surface area contributed by atoms with E-state index in [0.29, 0.717) is 11.5 Å². The minimum absolute atomic E-state index is 0.166. The Kier molecular flexibility index (Phi) is 5.89. The van der Waals surface area contributed by atoms with Gasteiger partial charge in [-0.3, -0.25) is 4.79 Å². The van der Waals surface area contributed by atoms with Crippen LogP contribution in [-0.2, 0) is 4.79 Å². The Labute approximate surface area is 160 Å². The predicted octanol–water partition coefficient (Wildman–Crippen LogP) is 4.56. The van der Waals surface area contributed by atoms with E-state index in [9.17, 15) is 4.79 Å². The highest BCUT2D eigenvalue weighted by molar-refractivity contribution is 7.80. The van der Waals surface area contributed by atoms with Crippen LogP contribution in [0.1, 0.15) is 43.4 Å². The summed E-state index contributed by atoms with van der Waals surface area (Å²) in [4.78, 5) is 13.8. The van der Waals surface area contributed by atoms with Crippen molar-refractivity contribution in [2.75, 3.05) is 16.8 Å². The van der Waals surface area contributed by atoms with E-state index in [4.69, 9.17) is 12.2 Å². The molecule has 4 nitrogen and oxygen atoms in total. The summed E-state index contributed by atoms with van der Waals surface area (Å²) in [5.41, 5.74) is 4.28. The van der Waals surface area contributed by atoms with Gasteiger partial charge in [-0.2, -0.15) is 0 Å². The molecule has 0 saturated carbocycles. The summed E-state index contributed by atoms with van der Waals surface area (Å²) in [7, 11) is 0. The van der Waals surface area contributed by atoms with Crippen LogP contribution < -0.4 is 15.5 Å². The number of anilines is 2. The SMILES string of the molecule is CC[C@@H](NC(=S)Nc1cccc(N2CCCC2=O)c1)c1ccc(C)cc1. The van der Waals surface area contributed by atoms with E-state index in [1.54, 1.807) is 0 Å². The van der Waals surface area contributed by atoms with Crippen molar-refractivity contribution in [3.63, 3.8) is 0 Å². The molecule has 0 unspecified atom stereocenters. The highest BCUT2D eigenvalue weighted by Gasteiger charge is 2.21. The van der Waals surface area contributed by atoms with Crippen LogP contribution in [0, 0.1) is 6.92 Å². The van der Waals surface area contributed by atoms with Crippen molar-refractivity contribution in [2.24, 2.45) is 0 Å². The quantitative estimate of drug-likeness (QED) is 0.761. The molecule has 2 aromatic carbocycles. The fourth-order valence-corrected chi connectivity index (χ4v) is 3.48. The third-order valence-electron chi connectivity index (χ3n) is 4.68. The molecule has 1 amide bonds. The smallest absolute Gasteiger partial charge is 0.227 e. The summed E-state index contributed by atoms with van der Waals surface area (Å²) in [5.74, 6) is 0.188. The Morgan fingerprint density at radius 3 is 2.65 bits per heavy atom. The number of aryl methyl sites for hydroxylation is 1. The molecule has 1 saturated heterocycles. The lowest BCUT2D eigenvalue weighted by molar-refractivity contribution is -0.117. The van der Waals surface area contributed by atoms with Crippen LogP contribution in [0.15, 0.2) is 48.5 Å². The normalized spacial score (nSPS) is 15.0. The highest BCUT2D eigenvalue weighted by atomic mass is 32.1. The molecule has 5 heteroatoms. The first kappa shape index (κ1) is 18.4. The third kappa shape index (κ3) is 4.41. The Bertz CT molecular complexity index is 788. The van der Waals surface area contributed by atoms with Crippen molar-refractivity contribution in [3.05, 3.63) is 59.7 Å². The third-order valence-corrected chi connectivity index (χ3v) is 4.90. The van der Waals surface area contributed by atoms with Crippen molar-refractivity contribution in [3.8, 4) is 0 Å². The number of nitrogens with zero attached hydrogens (tertiary/aromatic N) is 1. The average molecular weight is 368 g/mol. The Morgan fingerprint density at radius 1 is 1.23 bits per heavy atom. The molecule has 26 heavy (non-hydrogen) atoms. The summed E-state index contributed by atoms with van der Waals surface area (Å²) in [6, 6.07) is 16.5. The van der Waals surface area contributed by atoms with Gasteiger partial charge in [0.2, 0.25) is 5.91 Å². The molecule has 1 aliphatic rings. The van der Waals surface area contributed by atoms with Gasteiger partial charge in [-0.05, 0) is 55.7 Å². The van der Waals surface area contributed by atoms with Gasteiger partial charge >= 0.3 is 0 Å². The maximum absolute atomic E-state index is 11.9. The molecular weight excluding hydrogens is 342 g/mol. The molecule has 1 heterocycles. The van der Waals surface area contributed by atoms with Crippen LogP contribution >= 0.6 is 12.2 Å². The van der Waals surface area contributed by atoms with Crippen LogP contribution in [0.3, 0.4) is 0 Å². The first-order chi connectivity index (χ1) is 12.6. The molecule has 0 bridgehead atoms. The zero-order valence-corrected chi connectivity index (χ0v) is 16.1. The standard InChI is InChI=1S/C21H25N3OS/c1-3-19(16-11-9-15(2)10-12-16)23-21(26)22-17-6-4-7-18(14-17)24-13-5-8-20(24)25/h4,6-7,9-12,14,19H,3,5,8,13H2,1-2H3,(H2,22,23,26)/t19-/m1/s1. The zero-order valence-electron chi connectivity index (χ0n) is 15.3. The fourth-order valence-electron chi connectivity index (χ4n) is 3.22. The number of hydrogen-bond acceptors (Lipinski definition) is 2. The second kappa shape index (κ2) is 8.32. The minimum atomic E-state index is 0.166. The Morgan fingerprint density at radius 2 is 2.00 bits per heavy atom. The van der Waals surface area contributed by atoms with Crippen molar-refractivity contribution >= 4 is 34.6 Å². The largest absolute Gasteiger partial charge is 0.356 e. The van der Waals surface area contributed by atoms with Crippen LogP contribution in [0.4, 0.5) is 11.4 Å². The van der Waals surface area contributed by atoms with E-state index in [2.05, 4.69) is 48.7 Å². The molecular formula is C21H25N3OS. The van der Waals surface area contributed by atoms with Crippen LogP contribution in [0.25, 0.3) is 0 Å². The number of rotatable bonds is 5. The Hall–Kier alpha value is -2.40.